The summed E-state index contributed by atoms with van der Waals surface area (Å²) in [6, 6.07) is 0.0696. The molecule has 0 bridgehead atoms. The second kappa shape index (κ2) is 4.81. The number of rotatable bonds is 4. The summed E-state index contributed by atoms with van der Waals surface area (Å²) in [6.07, 6.45) is 4.05. The van der Waals surface area contributed by atoms with Gasteiger partial charge in [-0.3, -0.25) is 4.98 Å². The maximum absolute atomic E-state index is 5.74. The van der Waals surface area contributed by atoms with E-state index < -0.39 is 0 Å². The predicted octanol–water partition coefficient (Wildman–Crippen LogP) is 0.988. The summed E-state index contributed by atoms with van der Waals surface area (Å²) in [5.41, 5.74) is 6.71. The molecule has 0 aliphatic heterocycles. The van der Waals surface area contributed by atoms with Crippen molar-refractivity contribution in [3.8, 4) is 11.5 Å². The number of methoxy groups -OCH3 is 2. The first-order valence-corrected chi connectivity index (χ1v) is 4.49. The largest absolute Gasteiger partial charge is 0.495 e. The monoisotopic (exact) mass is 196 g/mol. The van der Waals surface area contributed by atoms with Crippen molar-refractivity contribution in [1.82, 2.24) is 4.98 Å². The van der Waals surface area contributed by atoms with Crippen LogP contribution in [0.2, 0.25) is 0 Å². The topological polar surface area (TPSA) is 57.4 Å². The maximum atomic E-state index is 5.74. The Labute approximate surface area is 84.0 Å². The van der Waals surface area contributed by atoms with Crippen LogP contribution in [-0.4, -0.2) is 25.2 Å². The third-order valence-electron chi connectivity index (χ3n) is 1.94. The summed E-state index contributed by atoms with van der Waals surface area (Å²) in [7, 11) is 3.22. The van der Waals surface area contributed by atoms with Gasteiger partial charge in [0.2, 0.25) is 0 Å². The maximum Gasteiger partial charge on any atom is 0.144 e. The molecular weight excluding hydrogens is 180 g/mol. The Kier molecular flexibility index (Phi) is 3.71. The molecular formula is C10H16N2O2. The number of hydrogen-bond donors (Lipinski definition) is 1. The highest BCUT2D eigenvalue weighted by molar-refractivity contribution is 5.42. The lowest BCUT2D eigenvalue weighted by Crippen LogP contribution is -2.18. The Morgan fingerprint density at radius 2 is 1.79 bits per heavy atom. The predicted molar refractivity (Wildman–Crippen MR) is 54.7 cm³/mol. The zero-order valence-corrected chi connectivity index (χ0v) is 8.78. The standard InChI is InChI=1S/C10H16N2O2/c1-7(11)4-8-9(13-2)5-12-6-10(8)14-3/h5-7H,4,11H2,1-3H3/t7-/m1/s1. The van der Waals surface area contributed by atoms with Crippen LogP contribution in [0.25, 0.3) is 0 Å². The smallest absolute Gasteiger partial charge is 0.144 e. The Hall–Kier alpha value is -1.29. The Bertz CT molecular complexity index is 278. The van der Waals surface area contributed by atoms with E-state index in [9.17, 15) is 0 Å². The molecule has 0 radical (unpaired) electrons. The van der Waals surface area contributed by atoms with E-state index in [1.807, 2.05) is 6.92 Å². The van der Waals surface area contributed by atoms with Crippen molar-refractivity contribution >= 4 is 0 Å². The first kappa shape index (κ1) is 10.8. The number of ether oxygens (including phenoxy) is 2. The van der Waals surface area contributed by atoms with Gasteiger partial charge in [0.25, 0.3) is 0 Å². The van der Waals surface area contributed by atoms with Crippen LogP contribution in [0.15, 0.2) is 12.4 Å². The van der Waals surface area contributed by atoms with E-state index in [1.54, 1.807) is 26.6 Å². The second-order valence-electron chi connectivity index (χ2n) is 3.20. The van der Waals surface area contributed by atoms with Crippen molar-refractivity contribution in [1.29, 1.82) is 0 Å². The lowest BCUT2D eigenvalue weighted by Gasteiger charge is -2.13. The first-order chi connectivity index (χ1) is 6.69. The van der Waals surface area contributed by atoms with Crippen LogP contribution in [0.4, 0.5) is 0 Å². The van der Waals surface area contributed by atoms with E-state index >= 15 is 0 Å². The van der Waals surface area contributed by atoms with Gasteiger partial charge in [0.05, 0.1) is 26.6 Å². The second-order valence-corrected chi connectivity index (χ2v) is 3.20. The molecule has 0 unspecified atom stereocenters. The molecule has 0 amide bonds. The molecule has 78 valence electrons. The highest BCUT2D eigenvalue weighted by atomic mass is 16.5. The van der Waals surface area contributed by atoms with Gasteiger partial charge in [-0.2, -0.15) is 0 Å². The van der Waals surface area contributed by atoms with Gasteiger partial charge in [-0.25, -0.2) is 0 Å². The van der Waals surface area contributed by atoms with Crippen molar-refractivity contribution in [2.75, 3.05) is 14.2 Å². The average Bonchev–Trinajstić information content (AvgIpc) is 2.17. The molecule has 0 aliphatic carbocycles. The number of aromatic nitrogens is 1. The molecule has 2 N–H and O–H groups in total. The van der Waals surface area contributed by atoms with E-state index in [2.05, 4.69) is 4.98 Å². The molecule has 1 atom stereocenters. The summed E-state index contributed by atoms with van der Waals surface area (Å²) in [6.45, 7) is 1.94. The van der Waals surface area contributed by atoms with Gasteiger partial charge in [-0.1, -0.05) is 0 Å². The lowest BCUT2D eigenvalue weighted by molar-refractivity contribution is 0.380. The normalized spacial score (nSPS) is 12.3. The van der Waals surface area contributed by atoms with Crippen LogP contribution in [0.5, 0.6) is 11.5 Å². The Morgan fingerprint density at radius 3 is 2.14 bits per heavy atom. The third kappa shape index (κ3) is 2.35. The minimum absolute atomic E-state index is 0.0696. The van der Waals surface area contributed by atoms with Crippen LogP contribution in [0, 0.1) is 0 Å². The van der Waals surface area contributed by atoms with Crippen molar-refractivity contribution in [2.24, 2.45) is 5.73 Å². The van der Waals surface area contributed by atoms with E-state index in [4.69, 9.17) is 15.2 Å². The van der Waals surface area contributed by atoms with Gasteiger partial charge in [0.1, 0.15) is 11.5 Å². The third-order valence-corrected chi connectivity index (χ3v) is 1.94. The molecule has 0 saturated carbocycles. The lowest BCUT2D eigenvalue weighted by atomic mass is 10.1. The van der Waals surface area contributed by atoms with E-state index in [1.165, 1.54) is 0 Å². The molecule has 1 aromatic heterocycles. The van der Waals surface area contributed by atoms with Crippen LogP contribution >= 0.6 is 0 Å². The van der Waals surface area contributed by atoms with Gasteiger partial charge in [-0.15, -0.1) is 0 Å². The molecule has 0 aliphatic rings. The number of nitrogens with zero attached hydrogens (tertiary/aromatic N) is 1. The fraction of sp³-hybridized carbons (Fsp3) is 0.500. The van der Waals surface area contributed by atoms with Crippen LogP contribution in [0.1, 0.15) is 12.5 Å². The van der Waals surface area contributed by atoms with Crippen LogP contribution in [-0.2, 0) is 6.42 Å². The highest BCUT2D eigenvalue weighted by Crippen LogP contribution is 2.27. The van der Waals surface area contributed by atoms with Crippen LogP contribution < -0.4 is 15.2 Å². The quantitative estimate of drug-likeness (QED) is 0.780. The summed E-state index contributed by atoms with van der Waals surface area (Å²) in [5.74, 6) is 1.45. The molecule has 4 nitrogen and oxygen atoms in total. The first-order valence-electron chi connectivity index (χ1n) is 4.49. The number of nitrogens with two attached hydrogens (primary N) is 1. The molecule has 0 saturated heterocycles. The molecule has 1 heterocycles. The summed E-state index contributed by atoms with van der Waals surface area (Å²) in [5, 5.41) is 0. The Morgan fingerprint density at radius 1 is 1.29 bits per heavy atom. The zero-order chi connectivity index (χ0) is 10.6. The van der Waals surface area contributed by atoms with E-state index in [0.717, 1.165) is 23.5 Å². The van der Waals surface area contributed by atoms with Crippen molar-refractivity contribution < 1.29 is 9.47 Å². The summed E-state index contributed by atoms with van der Waals surface area (Å²) < 4.78 is 10.4. The molecule has 1 rings (SSSR count). The summed E-state index contributed by atoms with van der Waals surface area (Å²) >= 11 is 0. The van der Waals surface area contributed by atoms with E-state index in [0.29, 0.717) is 0 Å². The molecule has 1 aromatic rings. The van der Waals surface area contributed by atoms with Gasteiger partial charge < -0.3 is 15.2 Å². The summed E-state index contributed by atoms with van der Waals surface area (Å²) in [4.78, 5) is 4.00. The average molecular weight is 196 g/mol. The van der Waals surface area contributed by atoms with Crippen molar-refractivity contribution in [3.63, 3.8) is 0 Å². The SMILES string of the molecule is COc1cncc(OC)c1C[C@@H](C)N. The minimum atomic E-state index is 0.0696. The molecule has 14 heavy (non-hydrogen) atoms. The van der Waals surface area contributed by atoms with Gasteiger partial charge in [-0.05, 0) is 13.3 Å². The molecule has 0 aromatic carbocycles. The molecule has 0 spiro atoms. The molecule has 0 fully saturated rings. The van der Waals surface area contributed by atoms with Crippen molar-refractivity contribution in [3.05, 3.63) is 18.0 Å². The zero-order valence-electron chi connectivity index (χ0n) is 8.78. The van der Waals surface area contributed by atoms with Crippen molar-refractivity contribution in [2.45, 2.75) is 19.4 Å². The van der Waals surface area contributed by atoms with E-state index in [-0.39, 0.29) is 6.04 Å². The van der Waals surface area contributed by atoms with Crippen LogP contribution in [0.3, 0.4) is 0 Å². The number of pyridine rings is 1. The number of hydrogen-bond acceptors (Lipinski definition) is 4. The Balaban J connectivity index is 3.05. The molecule has 4 heteroatoms. The highest BCUT2D eigenvalue weighted by Gasteiger charge is 2.11. The van der Waals surface area contributed by atoms with Gasteiger partial charge >= 0.3 is 0 Å². The minimum Gasteiger partial charge on any atom is -0.495 e. The fourth-order valence-corrected chi connectivity index (χ4v) is 1.32. The van der Waals surface area contributed by atoms with Gasteiger partial charge in [0.15, 0.2) is 0 Å². The fourth-order valence-electron chi connectivity index (χ4n) is 1.32. The van der Waals surface area contributed by atoms with Gasteiger partial charge in [0, 0.05) is 11.6 Å².